The topological polar surface area (TPSA) is 96.0 Å². The number of carbonyl (C=O) groups is 2. The molecule has 0 aromatic heterocycles. The first-order chi connectivity index (χ1) is 18.2. The molecule has 0 fully saturated rings. The number of methoxy groups -OCH3 is 1. The fourth-order valence-corrected chi connectivity index (χ4v) is 5.41. The van der Waals surface area contributed by atoms with Gasteiger partial charge in [0, 0.05) is 13.1 Å². The Hall–Kier alpha value is -3.92. The van der Waals surface area contributed by atoms with Crippen LogP contribution in [0.1, 0.15) is 25.8 Å². The van der Waals surface area contributed by atoms with Crippen molar-refractivity contribution >= 4 is 27.5 Å². The molecule has 0 radical (unpaired) electrons. The molecule has 0 saturated carbocycles. The van der Waals surface area contributed by atoms with Crippen molar-refractivity contribution in [3.63, 3.8) is 0 Å². The van der Waals surface area contributed by atoms with Crippen LogP contribution in [0.3, 0.4) is 0 Å². The van der Waals surface area contributed by atoms with Crippen molar-refractivity contribution in [3.8, 4) is 5.75 Å². The first kappa shape index (κ1) is 28.6. The SMILES string of the molecule is CCNC(=O)[C@@H](CC)N(Cc1ccc(OC)cc1)C(=O)CN(c1ccccc1)S(=O)(=O)c1ccc(F)cc1. The summed E-state index contributed by atoms with van der Waals surface area (Å²) in [5, 5.41) is 2.76. The molecule has 0 bridgehead atoms. The van der Waals surface area contributed by atoms with Crippen molar-refractivity contribution in [2.24, 2.45) is 0 Å². The van der Waals surface area contributed by atoms with Crippen molar-refractivity contribution in [1.29, 1.82) is 0 Å². The summed E-state index contributed by atoms with van der Waals surface area (Å²) in [4.78, 5) is 28.0. The van der Waals surface area contributed by atoms with E-state index in [4.69, 9.17) is 4.74 Å². The summed E-state index contributed by atoms with van der Waals surface area (Å²) >= 11 is 0. The summed E-state index contributed by atoms with van der Waals surface area (Å²) in [7, 11) is -2.69. The summed E-state index contributed by atoms with van der Waals surface area (Å²) in [6, 6.07) is 18.9. The van der Waals surface area contributed by atoms with Crippen LogP contribution in [0.25, 0.3) is 0 Å². The molecule has 3 rings (SSSR count). The van der Waals surface area contributed by atoms with Crippen molar-refractivity contribution in [2.75, 3.05) is 24.5 Å². The summed E-state index contributed by atoms with van der Waals surface area (Å²) in [6.45, 7) is 3.48. The minimum absolute atomic E-state index is 0.0810. The number of anilines is 1. The number of hydrogen-bond donors (Lipinski definition) is 1. The Kier molecular flexibility index (Phi) is 9.84. The highest BCUT2D eigenvalue weighted by molar-refractivity contribution is 7.92. The monoisotopic (exact) mass is 541 g/mol. The number of likely N-dealkylation sites (N-methyl/N-ethyl adjacent to an activating group) is 1. The molecule has 202 valence electrons. The number of hydrogen-bond acceptors (Lipinski definition) is 5. The van der Waals surface area contributed by atoms with E-state index < -0.39 is 34.3 Å². The lowest BCUT2D eigenvalue weighted by atomic mass is 10.1. The van der Waals surface area contributed by atoms with Gasteiger partial charge in [0.15, 0.2) is 0 Å². The molecule has 0 aliphatic rings. The number of ether oxygens (including phenoxy) is 1. The maximum atomic E-state index is 13.9. The molecule has 0 aliphatic carbocycles. The van der Waals surface area contributed by atoms with Crippen molar-refractivity contribution in [3.05, 3.63) is 90.2 Å². The number of para-hydroxylation sites is 1. The van der Waals surface area contributed by atoms with Crippen molar-refractivity contribution < 1.29 is 27.1 Å². The number of carbonyl (C=O) groups excluding carboxylic acids is 2. The van der Waals surface area contributed by atoms with Gasteiger partial charge in [0.2, 0.25) is 11.8 Å². The summed E-state index contributed by atoms with van der Waals surface area (Å²) < 4.78 is 47.0. The molecular weight excluding hydrogens is 509 g/mol. The zero-order chi connectivity index (χ0) is 27.7. The Morgan fingerprint density at radius 1 is 0.947 bits per heavy atom. The maximum Gasteiger partial charge on any atom is 0.264 e. The maximum absolute atomic E-state index is 13.9. The Labute approximate surface area is 223 Å². The smallest absolute Gasteiger partial charge is 0.264 e. The Balaban J connectivity index is 2.02. The number of nitrogens with one attached hydrogen (secondary N) is 1. The normalized spacial score (nSPS) is 11.9. The van der Waals surface area contributed by atoms with E-state index in [1.807, 2.05) is 0 Å². The highest BCUT2D eigenvalue weighted by atomic mass is 32.2. The van der Waals surface area contributed by atoms with Crippen LogP contribution in [0.15, 0.2) is 83.8 Å². The third-order valence-corrected chi connectivity index (χ3v) is 7.76. The van der Waals surface area contributed by atoms with E-state index in [9.17, 15) is 22.4 Å². The molecule has 0 saturated heterocycles. The van der Waals surface area contributed by atoms with Crippen LogP contribution in [0.2, 0.25) is 0 Å². The largest absolute Gasteiger partial charge is 0.497 e. The molecule has 1 atom stereocenters. The first-order valence-corrected chi connectivity index (χ1v) is 13.7. The fourth-order valence-electron chi connectivity index (χ4n) is 4.00. The number of halogens is 1. The zero-order valence-corrected chi connectivity index (χ0v) is 22.4. The summed E-state index contributed by atoms with van der Waals surface area (Å²) in [5.41, 5.74) is 1.01. The van der Waals surface area contributed by atoms with Gasteiger partial charge >= 0.3 is 0 Å². The number of sulfonamides is 1. The quantitative estimate of drug-likeness (QED) is 0.374. The minimum atomic E-state index is -4.24. The van der Waals surface area contributed by atoms with Crippen molar-refractivity contribution in [1.82, 2.24) is 10.2 Å². The van der Waals surface area contributed by atoms with E-state index >= 15 is 0 Å². The molecule has 1 N–H and O–H groups in total. The third kappa shape index (κ3) is 6.89. The number of rotatable bonds is 12. The van der Waals surface area contributed by atoms with Gasteiger partial charge in [-0.15, -0.1) is 0 Å². The molecular formula is C28H32FN3O5S. The minimum Gasteiger partial charge on any atom is -0.497 e. The highest BCUT2D eigenvalue weighted by Crippen LogP contribution is 2.25. The van der Waals surface area contributed by atoms with Crippen LogP contribution < -0.4 is 14.4 Å². The van der Waals surface area contributed by atoms with E-state index in [2.05, 4.69) is 5.32 Å². The summed E-state index contributed by atoms with van der Waals surface area (Å²) in [6.07, 6.45) is 0.323. The van der Waals surface area contributed by atoms with Gasteiger partial charge in [0.1, 0.15) is 24.2 Å². The van der Waals surface area contributed by atoms with E-state index in [1.165, 1.54) is 4.90 Å². The van der Waals surface area contributed by atoms with Gasteiger partial charge in [-0.25, -0.2) is 12.8 Å². The average Bonchev–Trinajstić information content (AvgIpc) is 2.92. The molecule has 38 heavy (non-hydrogen) atoms. The van der Waals surface area contributed by atoms with Gasteiger partial charge in [0.05, 0.1) is 17.7 Å². The van der Waals surface area contributed by atoms with Crippen LogP contribution in [0.5, 0.6) is 5.75 Å². The van der Waals surface area contributed by atoms with E-state index in [1.54, 1.807) is 75.6 Å². The lowest BCUT2D eigenvalue weighted by Gasteiger charge is -2.33. The molecule has 0 spiro atoms. The second-order valence-electron chi connectivity index (χ2n) is 8.49. The average molecular weight is 542 g/mol. The Morgan fingerprint density at radius 3 is 2.13 bits per heavy atom. The van der Waals surface area contributed by atoms with Crippen molar-refractivity contribution in [2.45, 2.75) is 37.8 Å². The predicted octanol–water partition coefficient (Wildman–Crippen LogP) is 3.97. The number of nitrogens with zero attached hydrogens (tertiary/aromatic N) is 2. The van der Waals surface area contributed by atoms with Gasteiger partial charge in [-0.1, -0.05) is 37.3 Å². The number of amides is 2. The number of benzene rings is 3. The molecule has 0 unspecified atom stereocenters. The molecule has 2 amide bonds. The first-order valence-electron chi connectivity index (χ1n) is 12.2. The third-order valence-electron chi connectivity index (χ3n) is 5.97. The van der Waals surface area contributed by atoms with Gasteiger partial charge in [-0.3, -0.25) is 13.9 Å². The van der Waals surface area contributed by atoms with Gasteiger partial charge in [-0.05, 0) is 67.4 Å². The molecule has 3 aromatic rings. The van der Waals surface area contributed by atoms with Gasteiger partial charge in [-0.2, -0.15) is 0 Å². The molecule has 0 heterocycles. The van der Waals surface area contributed by atoms with Crippen LogP contribution >= 0.6 is 0 Å². The predicted molar refractivity (Wildman–Crippen MR) is 144 cm³/mol. The second-order valence-corrected chi connectivity index (χ2v) is 10.4. The van der Waals surface area contributed by atoms with Crippen LogP contribution in [0.4, 0.5) is 10.1 Å². The molecule has 10 heteroatoms. The second kappa shape index (κ2) is 13.0. The van der Waals surface area contributed by atoms with E-state index in [0.717, 1.165) is 34.1 Å². The molecule has 0 aliphatic heterocycles. The highest BCUT2D eigenvalue weighted by Gasteiger charge is 2.33. The van der Waals surface area contributed by atoms with Crippen LogP contribution in [-0.2, 0) is 26.2 Å². The lowest BCUT2D eigenvalue weighted by Crippen LogP contribution is -2.52. The Bertz CT molecular complexity index is 1320. The molecule has 8 nitrogen and oxygen atoms in total. The van der Waals surface area contributed by atoms with Crippen LogP contribution in [-0.4, -0.2) is 51.4 Å². The zero-order valence-electron chi connectivity index (χ0n) is 21.6. The summed E-state index contributed by atoms with van der Waals surface area (Å²) in [5.74, 6) is -0.828. The van der Waals surface area contributed by atoms with Gasteiger partial charge < -0.3 is 15.0 Å². The Morgan fingerprint density at radius 2 is 1.58 bits per heavy atom. The van der Waals surface area contributed by atoms with Crippen LogP contribution in [0, 0.1) is 5.82 Å². The lowest BCUT2D eigenvalue weighted by molar-refractivity contribution is -0.140. The standard InChI is InChI=1S/C28H32FN3O5S/c1-4-26(28(34)30-5-2)31(19-21-11-15-24(37-3)16-12-21)27(33)20-32(23-9-7-6-8-10-23)38(35,36)25-17-13-22(29)14-18-25/h6-18,26H,4-5,19-20H2,1-3H3,(H,30,34)/t26-/m1/s1. The molecule has 3 aromatic carbocycles. The fraction of sp³-hybridized carbons (Fsp3) is 0.286. The van der Waals surface area contributed by atoms with Gasteiger partial charge in [0.25, 0.3) is 10.0 Å². The van der Waals surface area contributed by atoms with E-state index in [0.29, 0.717) is 18.7 Å². The van der Waals surface area contributed by atoms with E-state index in [-0.39, 0.29) is 23.0 Å².